The van der Waals surface area contributed by atoms with Crippen molar-refractivity contribution in [2.75, 3.05) is 4.84 Å². The van der Waals surface area contributed by atoms with Crippen LogP contribution in [0, 0.1) is 0 Å². The minimum absolute atomic E-state index is 0.632. The van der Waals surface area contributed by atoms with Crippen molar-refractivity contribution in [3.8, 4) is 0 Å². The predicted molar refractivity (Wildman–Crippen MR) is 66.5 cm³/mol. The highest BCUT2D eigenvalue weighted by Gasteiger charge is 2.03. The fourth-order valence-electron chi connectivity index (χ4n) is 1.78. The SMILES string of the molecule is ClNc1ccc2ccc3cccnc3c2n1. The highest BCUT2D eigenvalue weighted by Crippen LogP contribution is 2.23. The molecule has 16 heavy (non-hydrogen) atoms. The molecule has 1 N–H and O–H groups in total. The third-order valence-corrected chi connectivity index (χ3v) is 2.72. The zero-order chi connectivity index (χ0) is 11.0. The number of aromatic nitrogens is 2. The molecule has 3 rings (SSSR count). The first kappa shape index (κ1) is 9.36. The second-order valence-corrected chi connectivity index (χ2v) is 3.69. The van der Waals surface area contributed by atoms with E-state index in [1.54, 1.807) is 6.20 Å². The van der Waals surface area contributed by atoms with E-state index in [1.165, 1.54) is 0 Å². The second kappa shape index (κ2) is 3.61. The Morgan fingerprint density at radius 1 is 0.938 bits per heavy atom. The van der Waals surface area contributed by atoms with Crippen molar-refractivity contribution in [1.82, 2.24) is 9.97 Å². The van der Waals surface area contributed by atoms with Gasteiger partial charge < -0.3 is 0 Å². The summed E-state index contributed by atoms with van der Waals surface area (Å²) in [6.45, 7) is 0. The molecule has 0 atom stereocenters. The Morgan fingerprint density at radius 3 is 2.50 bits per heavy atom. The summed E-state index contributed by atoms with van der Waals surface area (Å²) in [6.07, 6.45) is 1.77. The van der Waals surface area contributed by atoms with Crippen LogP contribution in [0.2, 0.25) is 0 Å². The number of benzene rings is 1. The van der Waals surface area contributed by atoms with Gasteiger partial charge in [-0.05, 0) is 18.2 Å². The third kappa shape index (κ3) is 1.37. The summed E-state index contributed by atoms with van der Waals surface area (Å²) in [5, 5.41) is 2.14. The van der Waals surface area contributed by atoms with E-state index in [4.69, 9.17) is 11.8 Å². The molecule has 0 saturated carbocycles. The van der Waals surface area contributed by atoms with Crippen molar-refractivity contribution in [3.63, 3.8) is 0 Å². The molecule has 0 spiro atoms. The molecule has 2 heterocycles. The van der Waals surface area contributed by atoms with E-state index in [0.717, 1.165) is 21.8 Å². The molecule has 4 heteroatoms. The Hall–Kier alpha value is -1.87. The molecule has 0 aliphatic rings. The molecule has 0 unspecified atom stereocenters. The fourth-order valence-corrected chi connectivity index (χ4v) is 1.88. The number of anilines is 1. The molecule has 0 radical (unpaired) electrons. The van der Waals surface area contributed by atoms with Crippen LogP contribution < -0.4 is 4.84 Å². The van der Waals surface area contributed by atoms with Crippen LogP contribution in [0.3, 0.4) is 0 Å². The van der Waals surface area contributed by atoms with Crippen molar-refractivity contribution in [2.45, 2.75) is 0 Å². The summed E-state index contributed by atoms with van der Waals surface area (Å²) < 4.78 is 0. The fraction of sp³-hybridized carbons (Fsp3) is 0. The number of rotatable bonds is 1. The van der Waals surface area contributed by atoms with Gasteiger partial charge >= 0.3 is 0 Å². The van der Waals surface area contributed by atoms with Crippen molar-refractivity contribution in [2.24, 2.45) is 0 Å². The van der Waals surface area contributed by atoms with Crippen LogP contribution in [0.4, 0.5) is 5.82 Å². The lowest BCUT2D eigenvalue weighted by Crippen LogP contribution is -1.89. The van der Waals surface area contributed by atoms with Crippen molar-refractivity contribution in [3.05, 3.63) is 42.6 Å². The first-order valence-electron chi connectivity index (χ1n) is 4.89. The van der Waals surface area contributed by atoms with Gasteiger partial charge in [-0.15, -0.1) is 0 Å². The van der Waals surface area contributed by atoms with E-state index in [9.17, 15) is 0 Å². The van der Waals surface area contributed by atoms with Gasteiger partial charge in [0.25, 0.3) is 0 Å². The zero-order valence-corrected chi connectivity index (χ0v) is 9.07. The van der Waals surface area contributed by atoms with Crippen LogP contribution >= 0.6 is 11.8 Å². The lowest BCUT2D eigenvalue weighted by molar-refractivity contribution is 1.37. The molecule has 0 saturated heterocycles. The molecule has 3 aromatic rings. The lowest BCUT2D eigenvalue weighted by Gasteiger charge is -2.03. The number of halogens is 1. The normalized spacial score (nSPS) is 10.8. The Labute approximate surface area is 97.2 Å². The van der Waals surface area contributed by atoms with Gasteiger partial charge in [0.2, 0.25) is 0 Å². The summed E-state index contributed by atoms with van der Waals surface area (Å²) >= 11 is 5.55. The van der Waals surface area contributed by atoms with Gasteiger partial charge in [-0.2, -0.15) is 0 Å². The second-order valence-electron chi connectivity index (χ2n) is 3.50. The van der Waals surface area contributed by atoms with Crippen molar-refractivity contribution in [1.29, 1.82) is 0 Å². The summed E-state index contributed by atoms with van der Waals surface area (Å²) in [4.78, 5) is 11.3. The molecule has 0 amide bonds. The van der Waals surface area contributed by atoms with Gasteiger partial charge in [0, 0.05) is 28.7 Å². The Bertz CT molecular complexity index is 667. The van der Waals surface area contributed by atoms with Gasteiger partial charge in [0.1, 0.15) is 5.82 Å². The van der Waals surface area contributed by atoms with Crippen LogP contribution in [0.1, 0.15) is 0 Å². The highest BCUT2D eigenvalue weighted by molar-refractivity contribution is 6.23. The number of fused-ring (bicyclic) bond motifs is 3. The zero-order valence-electron chi connectivity index (χ0n) is 8.31. The van der Waals surface area contributed by atoms with Crippen molar-refractivity contribution >= 4 is 39.4 Å². The van der Waals surface area contributed by atoms with Crippen LogP contribution in [0.25, 0.3) is 21.8 Å². The molecule has 0 fully saturated rings. The Morgan fingerprint density at radius 2 is 1.69 bits per heavy atom. The average molecular weight is 230 g/mol. The van der Waals surface area contributed by atoms with Crippen LogP contribution in [-0.2, 0) is 0 Å². The molecule has 78 valence electrons. The molecule has 1 aromatic carbocycles. The summed E-state index contributed by atoms with van der Waals surface area (Å²) in [5.74, 6) is 0.632. The van der Waals surface area contributed by atoms with Gasteiger partial charge in [0.05, 0.1) is 11.0 Å². The largest absolute Gasteiger partial charge is 0.283 e. The van der Waals surface area contributed by atoms with Crippen LogP contribution in [0.15, 0.2) is 42.6 Å². The third-order valence-electron chi connectivity index (χ3n) is 2.53. The molecule has 3 nitrogen and oxygen atoms in total. The first-order chi connectivity index (χ1) is 7.88. The van der Waals surface area contributed by atoms with E-state index < -0.39 is 0 Å². The number of nitrogens with one attached hydrogen (secondary N) is 1. The lowest BCUT2D eigenvalue weighted by atomic mass is 10.1. The Kier molecular flexibility index (Phi) is 2.11. The van der Waals surface area contributed by atoms with Crippen molar-refractivity contribution < 1.29 is 0 Å². The standard InChI is InChI=1S/C12H8ClN3/c13-16-10-6-5-9-4-3-8-2-1-7-14-11(8)12(9)15-10/h1-7H,(H,15,16). The van der Waals surface area contributed by atoms with Gasteiger partial charge in [0.15, 0.2) is 0 Å². The van der Waals surface area contributed by atoms with Gasteiger partial charge in [-0.3, -0.25) is 9.82 Å². The minimum atomic E-state index is 0.632. The van der Waals surface area contributed by atoms with E-state index in [1.807, 2.05) is 36.4 Å². The molecular formula is C12H8ClN3. The number of pyridine rings is 2. The first-order valence-corrected chi connectivity index (χ1v) is 5.27. The summed E-state index contributed by atoms with van der Waals surface area (Å²) in [6, 6.07) is 11.8. The quantitative estimate of drug-likeness (QED) is 0.514. The summed E-state index contributed by atoms with van der Waals surface area (Å²) in [5.41, 5.74) is 1.76. The number of hydrogen-bond acceptors (Lipinski definition) is 3. The predicted octanol–water partition coefficient (Wildman–Crippen LogP) is 3.35. The van der Waals surface area contributed by atoms with E-state index >= 15 is 0 Å². The monoisotopic (exact) mass is 229 g/mol. The highest BCUT2D eigenvalue weighted by atomic mass is 35.5. The van der Waals surface area contributed by atoms with Crippen LogP contribution in [-0.4, -0.2) is 9.97 Å². The topological polar surface area (TPSA) is 37.8 Å². The Balaban J connectivity index is 2.47. The number of hydrogen-bond donors (Lipinski definition) is 1. The summed E-state index contributed by atoms with van der Waals surface area (Å²) in [7, 11) is 0. The maximum absolute atomic E-state index is 5.55. The number of nitrogens with zero attached hydrogens (tertiary/aromatic N) is 2. The average Bonchev–Trinajstić information content (AvgIpc) is 2.38. The molecule has 0 aliphatic heterocycles. The molecule has 0 bridgehead atoms. The molecule has 0 aliphatic carbocycles. The van der Waals surface area contributed by atoms with E-state index in [2.05, 4.69) is 14.8 Å². The smallest absolute Gasteiger partial charge is 0.141 e. The maximum Gasteiger partial charge on any atom is 0.141 e. The van der Waals surface area contributed by atoms with E-state index in [0.29, 0.717) is 5.82 Å². The molecule has 2 aromatic heterocycles. The van der Waals surface area contributed by atoms with Gasteiger partial charge in [-0.1, -0.05) is 18.2 Å². The molecular weight excluding hydrogens is 222 g/mol. The van der Waals surface area contributed by atoms with E-state index in [-0.39, 0.29) is 0 Å². The van der Waals surface area contributed by atoms with Gasteiger partial charge in [-0.25, -0.2) is 4.98 Å². The minimum Gasteiger partial charge on any atom is -0.283 e. The maximum atomic E-state index is 5.55. The van der Waals surface area contributed by atoms with Crippen LogP contribution in [0.5, 0.6) is 0 Å².